The van der Waals surface area contributed by atoms with Crippen molar-refractivity contribution in [3.63, 3.8) is 0 Å². The van der Waals surface area contributed by atoms with Gasteiger partial charge in [-0.1, -0.05) is 24.3 Å². The van der Waals surface area contributed by atoms with Crippen molar-refractivity contribution < 1.29 is 19.1 Å². The molecule has 160 valence electrons. The second-order valence-corrected chi connectivity index (χ2v) is 7.34. The maximum absolute atomic E-state index is 13.3. The summed E-state index contributed by atoms with van der Waals surface area (Å²) in [6.45, 7) is 3.36. The number of hydrogen-bond donors (Lipinski definition) is 1. The zero-order valence-corrected chi connectivity index (χ0v) is 17.8. The highest BCUT2D eigenvalue weighted by Gasteiger charge is 2.29. The summed E-state index contributed by atoms with van der Waals surface area (Å²) in [5.41, 5.74) is 1.64. The molecule has 0 aromatic heterocycles. The lowest BCUT2D eigenvalue weighted by Crippen LogP contribution is -2.49. The lowest BCUT2D eigenvalue weighted by atomic mass is 10.0. The maximum atomic E-state index is 13.3. The standard InChI is InChI=1S/C23H29N3O4/c1-17(27)25-14-12-19(13-15-25)26(16-18-8-10-20(29-2)11-9-18)23(28)24-21-6-4-5-7-22(21)30-3/h4-11,19H,12-16H2,1-3H3,(H,24,28). The van der Waals surface area contributed by atoms with Crippen molar-refractivity contribution in [2.24, 2.45) is 0 Å². The Bertz CT molecular complexity index is 861. The quantitative estimate of drug-likeness (QED) is 0.786. The monoisotopic (exact) mass is 411 g/mol. The Morgan fingerprint density at radius 1 is 1.03 bits per heavy atom. The fourth-order valence-electron chi connectivity index (χ4n) is 3.72. The highest BCUT2D eigenvalue weighted by Crippen LogP contribution is 2.26. The Morgan fingerprint density at radius 3 is 2.30 bits per heavy atom. The molecule has 0 atom stereocenters. The normalized spacial score (nSPS) is 14.2. The van der Waals surface area contributed by atoms with Crippen molar-refractivity contribution in [1.29, 1.82) is 0 Å². The number of ether oxygens (including phenoxy) is 2. The molecule has 3 rings (SSSR count). The topological polar surface area (TPSA) is 71.1 Å². The number of hydrogen-bond acceptors (Lipinski definition) is 4. The summed E-state index contributed by atoms with van der Waals surface area (Å²) in [6, 6.07) is 14.9. The molecule has 1 heterocycles. The number of likely N-dealkylation sites (tertiary alicyclic amines) is 1. The number of methoxy groups -OCH3 is 2. The second kappa shape index (κ2) is 10.0. The number of amides is 3. The van der Waals surface area contributed by atoms with Crippen LogP contribution < -0.4 is 14.8 Å². The largest absolute Gasteiger partial charge is 0.497 e. The predicted molar refractivity (Wildman–Crippen MR) is 116 cm³/mol. The van der Waals surface area contributed by atoms with Gasteiger partial charge < -0.3 is 24.6 Å². The van der Waals surface area contributed by atoms with Crippen molar-refractivity contribution in [3.05, 3.63) is 54.1 Å². The first kappa shape index (κ1) is 21.5. The van der Waals surface area contributed by atoms with Crippen molar-refractivity contribution >= 4 is 17.6 Å². The van der Waals surface area contributed by atoms with E-state index in [1.807, 2.05) is 58.3 Å². The van der Waals surface area contributed by atoms with Crippen LogP contribution in [0.4, 0.5) is 10.5 Å². The summed E-state index contributed by atoms with van der Waals surface area (Å²) in [4.78, 5) is 28.6. The van der Waals surface area contributed by atoms with Gasteiger partial charge in [-0.2, -0.15) is 0 Å². The van der Waals surface area contributed by atoms with Gasteiger partial charge in [-0.05, 0) is 42.7 Å². The molecular weight excluding hydrogens is 382 g/mol. The van der Waals surface area contributed by atoms with E-state index in [1.165, 1.54) is 0 Å². The van der Waals surface area contributed by atoms with Crippen LogP contribution in [0.5, 0.6) is 11.5 Å². The van der Waals surface area contributed by atoms with Crippen molar-refractivity contribution in [2.45, 2.75) is 32.4 Å². The third-order valence-electron chi connectivity index (χ3n) is 5.47. The molecule has 0 unspecified atom stereocenters. The summed E-state index contributed by atoms with van der Waals surface area (Å²) in [6.07, 6.45) is 1.49. The third-order valence-corrected chi connectivity index (χ3v) is 5.47. The van der Waals surface area contributed by atoms with E-state index in [1.54, 1.807) is 21.1 Å². The van der Waals surface area contributed by atoms with Gasteiger partial charge in [-0.25, -0.2) is 4.79 Å². The molecule has 1 aliphatic rings. The van der Waals surface area contributed by atoms with E-state index in [0.29, 0.717) is 31.1 Å². The first-order chi connectivity index (χ1) is 14.5. The highest BCUT2D eigenvalue weighted by molar-refractivity contribution is 5.91. The van der Waals surface area contributed by atoms with Gasteiger partial charge in [0.2, 0.25) is 5.91 Å². The summed E-state index contributed by atoms with van der Waals surface area (Å²) >= 11 is 0. The molecule has 30 heavy (non-hydrogen) atoms. The summed E-state index contributed by atoms with van der Waals surface area (Å²) in [5.74, 6) is 1.47. The number of anilines is 1. The van der Waals surface area contributed by atoms with E-state index in [9.17, 15) is 9.59 Å². The van der Waals surface area contributed by atoms with E-state index >= 15 is 0 Å². The number of para-hydroxylation sites is 2. The van der Waals surface area contributed by atoms with Crippen LogP contribution in [0.15, 0.2) is 48.5 Å². The number of nitrogens with zero attached hydrogens (tertiary/aromatic N) is 2. The smallest absolute Gasteiger partial charge is 0.322 e. The van der Waals surface area contributed by atoms with Crippen LogP contribution in [0.25, 0.3) is 0 Å². The number of urea groups is 1. The van der Waals surface area contributed by atoms with E-state index in [-0.39, 0.29) is 18.0 Å². The first-order valence-corrected chi connectivity index (χ1v) is 10.1. The zero-order chi connectivity index (χ0) is 21.5. The Labute approximate surface area is 177 Å². The Morgan fingerprint density at radius 2 is 1.70 bits per heavy atom. The van der Waals surface area contributed by atoms with Crippen LogP contribution >= 0.6 is 0 Å². The lowest BCUT2D eigenvalue weighted by Gasteiger charge is -2.38. The number of carbonyl (C=O) groups is 2. The fourth-order valence-corrected chi connectivity index (χ4v) is 3.72. The van der Waals surface area contributed by atoms with E-state index < -0.39 is 0 Å². The molecule has 2 aromatic rings. The summed E-state index contributed by atoms with van der Waals surface area (Å²) in [7, 11) is 3.21. The molecule has 2 aromatic carbocycles. The molecule has 7 heteroatoms. The molecule has 7 nitrogen and oxygen atoms in total. The molecular formula is C23H29N3O4. The average Bonchev–Trinajstić information content (AvgIpc) is 2.78. The Hall–Kier alpha value is -3.22. The van der Waals surface area contributed by atoms with Crippen LogP contribution in [0.2, 0.25) is 0 Å². The second-order valence-electron chi connectivity index (χ2n) is 7.34. The highest BCUT2D eigenvalue weighted by atomic mass is 16.5. The van der Waals surface area contributed by atoms with Crippen LogP contribution in [0.1, 0.15) is 25.3 Å². The fraction of sp³-hybridized carbons (Fsp3) is 0.391. The Balaban J connectivity index is 1.79. The molecule has 1 saturated heterocycles. The molecule has 1 fully saturated rings. The van der Waals surface area contributed by atoms with Crippen molar-refractivity contribution in [2.75, 3.05) is 32.6 Å². The number of nitrogens with one attached hydrogen (secondary N) is 1. The molecule has 0 aliphatic carbocycles. The number of benzene rings is 2. The molecule has 1 aliphatic heterocycles. The zero-order valence-electron chi connectivity index (χ0n) is 17.8. The summed E-state index contributed by atoms with van der Waals surface area (Å²) < 4.78 is 10.6. The van der Waals surface area contributed by atoms with Crippen LogP contribution in [-0.2, 0) is 11.3 Å². The SMILES string of the molecule is COc1ccc(CN(C(=O)Nc2ccccc2OC)C2CCN(C(C)=O)CC2)cc1. The van der Waals surface area contributed by atoms with Gasteiger partial charge >= 0.3 is 6.03 Å². The van der Waals surface area contributed by atoms with Gasteiger partial charge in [0.05, 0.1) is 19.9 Å². The maximum Gasteiger partial charge on any atom is 0.322 e. The third kappa shape index (κ3) is 5.23. The van der Waals surface area contributed by atoms with E-state index in [0.717, 1.165) is 24.2 Å². The van der Waals surface area contributed by atoms with Crippen LogP contribution in [0, 0.1) is 0 Å². The van der Waals surface area contributed by atoms with Crippen LogP contribution in [-0.4, -0.2) is 55.1 Å². The van der Waals surface area contributed by atoms with Gasteiger partial charge in [0, 0.05) is 32.6 Å². The predicted octanol–water partition coefficient (Wildman–Crippen LogP) is 3.75. The van der Waals surface area contributed by atoms with E-state index in [2.05, 4.69) is 5.32 Å². The molecule has 1 N–H and O–H groups in total. The van der Waals surface area contributed by atoms with Crippen molar-refractivity contribution in [3.8, 4) is 11.5 Å². The van der Waals surface area contributed by atoms with Gasteiger partial charge in [-0.3, -0.25) is 4.79 Å². The van der Waals surface area contributed by atoms with E-state index in [4.69, 9.17) is 9.47 Å². The molecule has 0 spiro atoms. The minimum Gasteiger partial charge on any atom is -0.497 e. The van der Waals surface area contributed by atoms with Crippen LogP contribution in [0.3, 0.4) is 0 Å². The van der Waals surface area contributed by atoms with Gasteiger partial charge in [0.1, 0.15) is 11.5 Å². The molecule has 0 saturated carbocycles. The van der Waals surface area contributed by atoms with Gasteiger partial charge in [0.15, 0.2) is 0 Å². The lowest BCUT2D eigenvalue weighted by molar-refractivity contribution is -0.130. The summed E-state index contributed by atoms with van der Waals surface area (Å²) in [5, 5.41) is 2.99. The molecule has 0 radical (unpaired) electrons. The van der Waals surface area contributed by atoms with Gasteiger partial charge in [-0.15, -0.1) is 0 Å². The van der Waals surface area contributed by atoms with Gasteiger partial charge in [0.25, 0.3) is 0 Å². The molecule has 3 amide bonds. The van der Waals surface area contributed by atoms with Crippen molar-refractivity contribution in [1.82, 2.24) is 9.80 Å². The minimum atomic E-state index is -0.184. The number of rotatable bonds is 6. The first-order valence-electron chi connectivity index (χ1n) is 10.1. The minimum absolute atomic E-state index is 0.0393. The number of piperidine rings is 1. The molecule has 0 bridgehead atoms. The number of carbonyl (C=O) groups excluding carboxylic acids is 2. The Kier molecular flexibility index (Phi) is 7.17. The average molecular weight is 412 g/mol.